The van der Waals surface area contributed by atoms with Crippen molar-refractivity contribution in [1.82, 2.24) is 5.32 Å². The summed E-state index contributed by atoms with van der Waals surface area (Å²) in [5.74, 6) is 0. The van der Waals surface area contributed by atoms with E-state index in [9.17, 15) is 13.6 Å². The second-order valence-electron chi connectivity index (χ2n) is 1.38. The zero-order chi connectivity index (χ0) is 6.20. The molecule has 5 heteroatoms. The molecule has 1 fully saturated rings. The zero-order valence-electron chi connectivity index (χ0n) is 3.78. The first-order valence-corrected chi connectivity index (χ1v) is 2.76. The number of rotatable bonds is 0. The van der Waals surface area contributed by atoms with Crippen molar-refractivity contribution in [2.24, 2.45) is 0 Å². The summed E-state index contributed by atoms with van der Waals surface area (Å²) < 4.78 is 23.7. The van der Waals surface area contributed by atoms with Gasteiger partial charge in [0.1, 0.15) is 0 Å². The molecule has 0 aromatic rings. The summed E-state index contributed by atoms with van der Waals surface area (Å²) in [5.41, 5.74) is 0. The largest absolute Gasteiger partial charge is 0.340 e. The quantitative estimate of drug-likeness (QED) is 0.543. The predicted octanol–water partition coefficient (Wildman–Crippen LogP) is 1.04. The second-order valence-corrected chi connectivity index (χ2v) is 2.55. The van der Waals surface area contributed by atoms with Crippen LogP contribution in [0, 0.1) is 0 Å². The first-order chi connectivity index (χ1) is 3.60. The van der Waals surface area contributed by atoms with Crippen molar-refractivity contribution in [2.45, 2.75) is 5.25 Å². The number of hydrogen-bond donors (Lipinski definition) is 1. The molecule has 1 aliphatic heterocycles. The van der Waals surface area contributed by atoms with Gasteiger partial charge in [-0.05, 0) is 0 Å². The first kappa shape index (κ1) is 5.81. The summed E-state index contributed by atoms with van der Waals surface area (Å²) in [6.45, 7) is -0.531. The van der Waals surface area contributed by atoms with E-state index in [1.165, 1.54) is 0 Å². The fraction of sp³-hybridized carbons (Fsp3) is 0.667. The van der Waals surface area contributed by atoms with Gasteiger partial charge in [-0.2, -0.15) is 8.78 Å². The molecule has 46 valence electrons. The molecule has 0 bridgehead atoms. The van der Waals surface area contributed by atoms with Crippen LogP contribution in [0.2, 0.25) is 0 Å². The summed E-state index contributed by atoms with van der Waals surface area (Å²) in [6, 6.07) is 0. The molecule has 2 nitrogen and oxygen atoms in total. The van der Waals surface area contributed by atoms with Crippen LogP contribution in [0.25, 0.3) is 0 Å². The summed E-state index contributed by atoms with van der Waals surface area (Å²) in [7, 11) is 0. The van der Waals surface area contributed by atoms with E-state index >= 15 is 0 Å². The lowest BCUT2D eigenvalue weighted by molar-refractivity contribution is 0.116. The molecule has 0 radical (unpaired) electrons. The SMILES string of the molecule is O=C1NCC(F)(F)S1. The fourth-order valence-corrected chi connectivity index (χ4v) is 0.943. The molecule has 0 aliphatic carbocycles. The van der Waals surface area contributed by atoms with E-state index < -0.39 is 17.0 Å². The standard InChI is InChI=1S/C3H3F2NOS/c4-3(5)1-6-2(7)8-3/h1H2,(H,6,7). The molecule has 1 aliphatic rings. The van der Waals surface area contributed by atoms with Gasteiger partial charge < -0.3 is 5.32 Å². The van der Waals surface area contributed by atoms with Gasteiger partial charge in [0.15, 0.2) is 0 Å². The normalized spacial score (nSPS) is 25.5. The van der Waals surface area contributed by atoms with Gasteiger partial charge in [-0.15, -0.1) is 0 Å². The third kappa shape index (κ3) is 1.09. The van der Waals surface area contributed by atoms with Gasteiger partial charge in [0.25, 0.3) is 5.24 Å². The molecule has 1 N–H and O–H groups in total. The van der Waals surface area contributed by atoms with Crippen LogP contribution >= 0.6 is 11.8 Å². The Labute approximate surface area is 48.6 Å². The third-order valence-corrected chi connectivity index (χ3v) is 1.45. The average molecular weight is 139 g/mol. The molecule has 0 atom stereocenters. The Morgan fingerprint density at radius 1 is 1.75 bits per heavy atom. The topological polar surface area (TPSA) is 29.1 Å². The van der Waals surface area contributed by atoms with E-state index in [2.05, 4.69) is 0 Å². The highest BCUT2D eigenvalue weighted by Crippen LogP contribution is 2.32. The highest BCUT2D eigenvalue weighted by atomic mass is 32.2. The zero-order valence-corrected chi connectivity index (χ0v) is 4.60. The van der Waals surface area contributed by atoms with Crippen LogP contribution in [0.1, 0.15) is 0 Å². The highest BCUT2D eigenvalue weighted by Gasteiger charge is 2.39. The smallest absolute Gasteiger partial charge is 0.319 e. The molecule has 8 heavy (non-hydrogen) atoms. The third-order valence-electron chi connectivity index (χ3n) is 0.681. The van der Waals surface area contributed by atoms with Crippen molar-refractivity contribution >= 4 is 17.0 Å². The van der Waals surface area contributed by atoms with E-state index in [0.717, 1.165) is 0 Å². The molecule has 0 spiro atoms. The molecule has 0 aromatic heterocycles. The van der Waals surface area contributed by atoms with Gasteiger partial charge in [-0.1, -0.05) is 0 Å². The average Bonchev–Trinajstić information content (AvgIpc) is 1.82. The van der Waals surface area contributed by atoms with Crippen molar-refractivity contribution in [1.29, 1.82) is 0 Å². The van der Waals surface area contributed by atoms with Crippen molar-refractivity contribution in [2.75, 3.05) is 6.54 Å². The maximum Gasteiger partial charge on any atom is 0.319 e. The van der Waals surface area contributed by atoms with Gasteiger partial charge in [-0.3, -0.25) is 4.79 Å². The molecular formula is C3H3F2NOS. The highest BCUT2D eigenvalue weighted by molar-refractivity contribution is 8.14. The van der Waals surface area contributed by atoms with Crippen LogP contribution in [-0.4, -0.2) is 17.0 Å². The first-order valence-electron chi connectivity index (χ1n) is 1.95. The van der Waals surface area contributed by atoms with Crippen molar-refractivity contribution in [3.8, 4) is 0 Å². The number of thioether (sulfide) groups is 1. The Bertz CT molecular complexity index is 126. The molecule has 0 saturated carbocycles. The Morgan fingerprint density at radius 2 is 2.38 bits per heavy atom. The monoisotopic (exact) mass is 139 g/mol. The molecule has 0 unspecified atom stereocenters. The molecule has 0 aromatic carbocycles. The molecule has 1 rings (SSSR count). The molecular weight excluding hydrogens is 136 g/mol. The van der Waals surface area contributed by atoms with Crippen LogP contribution < -0.4 is 5.32 Å². The summed E-state index contributed by atoms with van der Waals surface area (Å²) >= 11 is 0.0394. The Morgan fingerprint density at radius 3 is 2.50 bits per heavy atom. The number of nitrogens with one attached hydrogen (secondary N) is 1. The number of carbonyl (C=O) groups is 1. The Balaban J connectivity index is 2.56. The lowest BCUT2D eigenvalue weighted by atomic mass is 10.7. The van der Waals surface area contributed by atoms with Crippen LogP contribution in [-0.2, 0) is 0 Å². The fourth-order valence-electron chi connectivity index (χ4n) is 0.383. The minimum Gasteiger partial charge on any atom is -0.340 e. The van der Waals surface area contributed by atoms with Crippen LogP contribution in [0.15, 0.2) is 0 Å². The van der Waals surface area contributed by atoms with Crippen LogP contribution in [0.3, 0.4) is 0 Å². The van der Waals surface area contributed by atoms with Crippen molar-refractivity contribution < 1.29 is 13.6 Å². The number of hydrogen-bond acceptors (Lipinski definition) is 2. The lowest BCUT2D eigenvalue weighted by Gasteiger charge is -1.99. The summed E-state index contributed by atoms with van der Waals surface area (Å²) in [5, 5.41) is -1.54. The van der Waals surface area contributed by atoms with E-state index in [1.54, 1.807) is 0 Å². The number of alkyl halides is 2. The van der Waals surface area contributed by atoms with Crippen LogP contribution in [0.5, 0.6) is 0 Å². The number of carbonyl (C=O) groups excluding carboxylic acids is 1. The molecule has 1 saturated heterocycles. The van der Waals surface area contributed by atoms with Crippen molar-refractivity contribution in [3.63, 3.8) is 0 Å². The van der Waals surface area contributed by atoms with Gasteiger partial charge >= 0.3 is 5.25 Å². The maximum absolute atomic E-state index is 11.9. The van der Waals surface area contributed by atoms with Gasteiger partial charge in [0.05, 0.1) is 6.54 Å². The van der Waals surface area contributed by atoms with E-state index in [0.29, 0.717) is 0 Å². The lowest BCUT2D eigenvalue weighted by Crippen LogP contribution is -2.18. The van der Waals surface area contributed by atoms with Gasteiger partial charge in [0.2, 0.25) is 0 Å². The Hall–Kier alpha value is -0.320. The summed E-state index contributed by atoms with van der Waals surface area (Å²) in [4.78, 5) is 10.0. The van der Waals surface area contributed by atoms with Gasteiger partial charge in [-0.25, -0.2) is 0 Å². The second kappa shape index (κ2) is 1.58. The summed E-state index contributed by atoms with van der Waals surface area (Å²) in [6.07, 6.45) is 0. The van der Waals surface area contributed by atoms with E-state index in [-0.39, 0.29) is 11.8 Å². The van der Waals surface area contributed by atoms with E-state index in [1.807, 2.05) is 5.32 Å². The molecule has 1 heterocycles. The minimum absolute atomic E-state index is 0.0394. The maximum atomic E-state index is 11.9. The van der Waals surface area contributed by atoms with E-state index in [4.69, 9.17) is 0 Å². The number of amides is 1. The number of halogens is 2. The van der Waals surface area contributed by atoms with Crippen LogP contribution in [0.4, 0.5) is 13.6 Å². The molecule has 1 amide bonds. The van der Waals surface area contributed by atoms with Gasteiger partial charge in [0, 0.05) is 11.8 Å². The minimum atomic E-state index is -2.88. The predicted molar refractivity (Wildman–Crippen MR) is 25.9 cm³/mol. The van der Waals surface area contributed by atoms with Crippen molar-refractivity contribution in [3.05, 3.63) is 0 Å². The Kier molecular flexibility index (Phi) is 1.15.